The van der Waals surface area contributed by atoms with Crippen molar-refractivity contribution in [3.8, 4) is 33.8 Å². The van der Waals surface area contributed by atoms with Gasteiger partial charge in [-0.1, -0.05) is 14.9 Å². The summed E-state index contributed by atoms with van der Waals surface area (Å²) in [6, 6.07) is 6.19. The van der Waals surface area contributed by atoms with Crippen LogP contribution in [0, 0.1) is 13.8 Å². The fourth-order valence-corrected chi connectivity index (χ4v) is 12.8. The number of aromatic nitrogens is 18. The lowest BCUT2D eigenvalue weighted by atomic mass is 9.95. The minimum Gasteiger partial charge on any atom is -0.328 e. The van der Waals surface area contributed by atoms with Gasteiger partial charge in [0.1, 0.15) is 15.0 Å². The largest absolute Gasteiger partial charge is 0.328 e. The van der Waals surface area contributed by atoms with Gasteiger partial charge in [-0.3, -0.25) is 27.2 Å². The molecule has 0 saturated carbocycles. The number of imidazole rings is 3. The Morgan fingerprint density at radius 2 is 0.917 bits per heavy atom. The van der Waals surface area contributed by atoms with Crippen LogP contribution in [0.2, 0.25) is 0 Å². The maximum atomic E-state index is 4.98. The SMILES string of the molecule is C.C.Cc1cc(Nc2nc(C3CCCNC3)cn3c(-c4cnn(C)c4)cnc23)sn1.Cc1cc(Nc2nc(C3CCNCC3)cn3c(-c4cnn(C)c4)cnc23)sn1.Cn1cc(-c2cnc3c(Nc4cc(C5CCNC5)ns4)nccn23)cn1. The average Bonchev–Trinajstić information content (AvgIpc) is 3.21. The molecule has 3 fully saturated rings. The van der Waals surface area contributed by atoms with Crippen LogP contribution in [-0.2, 0) is 21.1 Å². The van der Waals surface area contributed by atoms with Gasteiger partial charge in [-0.15, -0.1) is 0 Å². The summed E-state index contributed by atoms with van der Waals surface area (Å²) in [5.74, 6) is 3.61. The summed E-state index contributed by atoms with van der Waals surface area (Å²) in [7, 11) is 5.75. The Kier molecular flexibility index (Phi) is 17.3. The predicted molar refractivity (Wildman–Crippen MR) is 335 cm³/mol. The van der Waals surface area contributed by atoms with Gasteiger partial charge in [0.25, 0.3) is 0 Å². The summed E-state index contributed by atoms with van der Waals surface area (Å²) in [4.78, 5) is 28.3. The van der Waals surface area contributed by atoms with Crippen molar-refractivity contribution in [1.82, 2.24) is 102 Å². The van der Waals surface area contributed by atoms with Crippen molar-refractivity contribution in [2.75, 3.05) is 55.2 Å². The normalized spacial score (nSPS) is 16.2. The van der Waals surface area contributed by atoms with E-state index < -0.39 is 0 Å². The maximum Gasteiger partial charge on any atom is 0.180 e. The number of hydrogen-bond donors (Lipinski definition) is 6. The molecule has 12 aromatic heterocycles. The van der Waals surface area contributed by atoms with Gasteiger partial charge in [-0.05, 0) is 125 Å². The lowest BCUT2D eigenvalue weighted by Crippen LogP contribution is -2.29. The highest BCUT2D eigenvalue weighted by Crippen LogP contribution is 2.35. The van der Waals surface area contributed by atoms with Crippen LogP contribution in [0.25, 0.3) is 50.7 Å². The van der Waals surface area contributed by atoms with Gasteiger partial charge >= 0.3 is 0 Å². The van der Waals surface area contributed by atoms with Gasteiger partial charge in [-0.25, -0.2) is 29.9 Å². The first-order chi connectivity index (χ1) is 40.1. The molecule has 436 valence electrons. The topological polar surface area (TPSA) is 255 Å². The molecule has 3 aliphatic rings. The molecule has 0 aromatic carbocycles. The highest BCUT2D eigenvalue weighted by Gasteiger charge is 2.25. The van der Waals surface area contributed by atoms with Gasteiger partial charge in [-0.2, -0.15) is 28.4 Å². The Labute approximate surface area is 498 Å². The summed E-state index contributed by atoms with van der Waals surface area (Å²) in [6.45, 7) is 10.1. The molecule has 6 N–H and O–H groups in total. The Bertz CT molecular complexity index is 3950. The number of rotatable bonds is 12. The summed E-state index contributed by atoms with van der Waals surface area (Å²) in [5.41, 5.74) is 13.8. The third kappa shape index (κ3) is 12.3. The van der Waals surface area contributed by atoms with Crippen molar-refractivity contribution < 1.29 is 0 Å². The lowest BCUT2D eigenvalue weighted by molar-refractivity contribution is 0.452. The number of piperidine rings is 2. The molecule has 0 radical (unpaired) electrons. The zero-order valence-corrected chi connectivity index (χ0v) is 48.5. The minimum atomic E-state index is 0. The molecule has 0 bridgehead atoms. The number of nitrogens with one attached hydrogen (secondary N) is 6. The van der Waals surface area contributed by atoms with E-state index in [1.165, 1.54) is 41.0 Å². The van der Waals surface area contributed by atoms with Crippen LogP contribution >= 0.6 is 34.6 Å². The van der Waals surface area contributed by atoms with E-state index in [4.69, 9.17) is 9.97 Å². The zero-order chi connectivity index (χ0) is 55.7. The van der Waals surface area contributed by atoms with Crippen LogP contribution in [0.5, 0.6) is 0 Å². The second-order valence-corrected chi connectivity index (χ2v) is 23.4. The van der Waals surface area contributed by atoms with E-state index in [0.29, 0.717) is 17.8 Å². The molecular formula is C57H70N24S3. The first-order valence-electron chi connectivity index (χ1n) is 27.4. The van der Waals surface area contributed by atoms with E-state index in [-0.39, 0.29) is 14.9 Å². The van der Waals surface area contributed by atoms with Gasteiger partial charge < -0.3 is 31.9 Å². The number of anilines is 6. The number of fused-ring (bicyclic) bond motifs is 3. The highest BCUT2D eigenvalue weighted by molar-refractivity contribution is 7.10. The van der Waals surface area contributed by atoms with Crippen molar-refractivity contribution in [3.05, 3.63) is 127 Å². The second-order valence-electron chi connectivity index (χ2n) is 20.9. The molecule has 12 aromatic rings. The highest BCUT2D eigenvalue weighted by atomic mass is 32.1. The predicted octanol–water partition coefficient (Wildman–Crippen LogP) is 9.89. The van der Waals surface area contributed by atoms with E-state index in [1.54, 1.807) is 15.6 Å². The van der Waals surface area contributed by atoms with Crippen molar-refractivity contribution in [1.29, 1.82) is 0 Å². The summed E-state index contributed by atoms with van der Waals surface area (Å²) in [5, 5.41) is 36.4. The van der Waals surface area contributed by atoms with Crippen LogP contribution in [0.3, 0.4) is 0 Å². The van der Waals surface area contributed by atoms with Crippen LogP contribution < -0.4 is 31.9 Å². The fraction of sp³-hybridized carbons (Fsp3) is 0.368. The van der Waals surface area contributed by atoms with Crippen molar-refractivity contribution >= 4 is 84.0 Å². The van der Waals surface area contributed by atoms with E-state index in [0.717, 1.165) is 177 Å². The molecule has 15 rings (SSSR count). The molecule has 84 heavy (non-hydrogen) atoms. The van der Waals surface area contributed by atoms with E-state index in [9.17, 15) is 0 Å². The number of hydrogen-bond acceptors (Lipinski definition) is 21. The molecule has 0 amide bonds. The third-order valence-corrected chi connectivity index (χ3v) is 17.2. The van der Waals surface area contributed by atoms with Crippen molar-refractivity contribution in [2.24, 2.45) is 21.1 Å². The molecule has 2 atom stereocenters. The molecular weight excluding hydrogens is 1120 g/mol. The maximum absolute atomic E-state index is 4.98. The first kappa shape index (κ1) is 57.5. The van der Waals surface area contributed by atoms with Crippen molar-refractivity contribution in [3.63, 3.8) is 0 Å². The van der Waals surface area contributed by atoms with Crippen LogP contribution in [0.1, 0.15) is 93.2 Å². The van der Waals surface area contributed by atoms with E-state index >= 15 is 0 Å². The van der Waals surface area contributed by atoms with Gasteiger partial charge in [0.05, 0.1) is 82.7 Å². The fourth-order valence-electron chi connectivity index (χ4n) is 10.7. The number of nitrogens with zero attached hydrogens (tertiary/aromatic N) is 18. The molecule has 3 saturated heterocycles. The van der Waals surface area contributed by atoms with Crippen LogP contribution in [-0.4, -0.2) is 125 Å². The average molecular weight is 1190 g/mol. The Balaban J connectivity index is 0.000000130. The Hall–Kier alpha value is -8.34. The minimum absolute atomic E-state index is 0. The summed E-state index contributed by atoms with van der Waals surface area (Å²) >= 11 is 4.34. The van der Waals surface area contributed by atoms with Crippen LogP contribution in [0.15, 0.2) is 98.8 Å². The number of aryl methyl sites for hydroxylation is 5. The summed E-state index contributed by atoms with van der Waals surface area (Å²) in [6.07, 6.45) is 30.8. The monoisotopic (exact) mass is 1190 g/mol. The Morgan fingerprint density at radius 3 is 1.40 bits per heavy atom. The smallest absolute Gasteiger partial charge is 0.180 e. The molecule has 3 aliphatic heterocycles. The van der Waals surface area contributed by atoms with E-state index in [2.05, 4.69) is 108 Å². The van der Waals surface area contributed by atoms with Gasteiger partial charge in [0, 0.05) is 112 Å². The Morgan fingerprint density at radius 1 is 0.464 bits per heavy atom. The lowest BCUT2D eigenvalue weighted by Gasteiger charge is -2.23. The molecule has 15 heterocycles. The molecule has 27 heteroatoms. The molecule has 0 aliphatic carbocycles. The van der Waals surface area contributed by atoms with Gasteiger partial charge in [0.2, 0.25) is 0 Å². The van der Waals surface area contributed by atoms with E-state index in [1.807, 2.05) is 118 Å². The standard InChI is InChI=1S/2C19H22N8S.C17H18N8S.2CH4/c1-12-7-17(28-25-12)24-18-19-21-9-16(14-8-22-26(2)10-14)27(19)11-15(23-18)13-3-5-20-6-4-13;1-12-6-17(28-25-12)24-18-19-21-9-16(14-8-22-26(2)10-14)27(19)11-15(23-18)13-4-3-5-20-7-13;1-24-10-12(8-21-24)14-9-20-17-16(19-4-5-25(14)17)22-15-6-13(23-26-15)11-2-3-18-7-11;;/h7-11,13,20H,3-6H2,1-2H3,(H,23,24);6,8-11,13,20H,3-5,7H2,1-2H3,(H,23,24);4-6,8-11,18H,2-3,7H2,1H3,(H,19,22);2*1H4. The zero-order valence-electron chi connectivity index (χ0n) is 46.0. The van der Waals surface area contributed by atoms with Crippen molar-refractivity contribution in [2.45, 2.75) is 78.6 Å². The first-order valence-corrected chi connectivity index (χ1v) is 29.8. The summed E-state index contributed by atoms with van der Waals surface area (Å²) < 4.78 is 25.0. The molecule has 0 spiro atoms. The molecule has 2 unspecified atom stereocenters. The molecule has 24 nitrogen and oxygen atoms in total. The third-order valence-electron chi connectivity index (χ3n) is 14.9. The quantitative estimate of drug-likeness (QED) is 0.0665. The second kappa shape index (κ2) is 25.3. The van der Waals surface area contributed by atoms with Crippen LogP contribution in [0.4, 0.5) is 32.5 Å². The van der Waals surface area contributed by atoms with Gasteiger partial charge in [0.15, 0.2) is 34.4 Å².